The van der Waals surface area contributed by atoms with Crippen LogP contribution in [0.1, 0.15) is 64.6 Å². The van der Waals surface area contributed by atoms with Crippen LogP contribution >= 0.6 is 11.8 Å². The molecule has 2 aliphatic rings. The van der Waals surface area contributed by atoms with E-state index in [9.17, 15) is 19.8 Å². The number of hydrogen-bond donors (Lipinski definition) is 3. The number of amides is 2. The molecule has 10 heteroatoms. The summed E-state index contributed by atoms with van der Waals surface area (Å²) < 4.78 is 18.3. The average molecular weight is 553 g/mol. The lowest BCUT2D eigenvalue weighted by molar-refractivity contribution is -0.118. The van der Waals surface area contributed by atoms with Crippen molar-refractivity contribution in [3.05, 3.63) is 69.4 Å². The van der Waals surface area contributed by atoms with Crippen molar-refractivity contribution in [1.29, 1.82) is 0 Å². The van der Waals surface area contributed by atoms with Crippen LogP contribution in [0.15, 0.2) is 28.7 Å². The fraction of sp³-hybridized carbons (Fsp3) is 0.414. The van der Waals surface area contributed by atoms with Crippen LogP contribution in [-0.4, -0.2) is 38.2 Å². The van der Waals surface area contributed by atoms with Gasteiger partial charge >= 0.3 is 0 Å². The topological polar surface area (TPSA) is 131 Å². The summed E-state index contributed by atoms with van der Waals surface area (Å²) in [6.45, 7) is 9.36. The number of nitrogens with one attached hydrogen (secondary N) is 1. The Kier molecular flexibility index (Phi) is 7.11. The lowest BCUT2D eigenvalue weighted by Gasteiger charge is -2.35. The molecule has 3 atom stereocenters. The molecule has 206 valence electrons. The molecule has 2 aromatic carbocycles. The van der Waals surface area contributed by atoms with Gasteiger partial charge in [0, 0.05) is 12.0 Å². The van der Waals surface area contributed by atoms with Gasteiger partial charge < -0.3 is 24.1 Å². The Morgan fingerprint density at radius 3 is 2.54 bits per heavy atom. The highest BCUT2D eigenvalue weighted by Crippen LogP contribution is 2.46. The zero-order chi connectivity index (χ0) is 28.1. The van der Waals surface area contributed by atoms with Gasteiger partial charge in [-0.2, -0.15) is 0 Å². The molecule has 1 saturated heterocycles. The van der Waals surface area contributed by atoms with Gasteiger partial charge in [0.25, 0.3) is 5.24 Å². The van der Waals surface area contributed by atoms with Gasteiger partial charge in [-0.1, -0.05) is 23.9 Å². The van der Waals surface area contributed by atoms with Crippen molar-refractivity contribution >= 4 is 22.9 Å². The summed E-state index contributed by atoms with van der Waals surface area (Å²) in [5, 5.41) is 22.9. The number of aromatic nitrogens is 1. The molecule has 1 fully saturated rings. The first-order chi connectivity index (χ1) is 18.5. The molecule has 39 heavy (non-hydrogen) atoms. The number of fused-ring (bicyclic) bond motifs is 1. The second kappa shape index (κ2) is 10.2. The first-order valence-corrected chi connectivity index (χ1v) is 13.7. The number of carbonyl (C=O) groups excluding carboxylic acids is 2. The van der Waals surface area contributed by atoms with Gasteiger partial charge in [-0.25, -0.2) is 4.98 Å². The minimum absolute atomic E-state index is 0.0290. The highest BCUT2D eigenvalue weighted by molar-refractivity contribution is 8.15. The molecule has 2 amide bonds. The third kappa shape index (κ3) is 5.10. The fourth-order valence-electron chi connectivity index (χ4n) is 5.06. The summed E-state index contributed by atoms with van der Waals surface area (Å²) >= 11 is 0.998. The number of nitrogens with zero attached hydrogens (tertiary/aromatic N) is 1. The Morgan fingerprint density at radius 1 is 1.15 bits per heavy atom. The summed E-state index contributed by atoms with van der Waals surface area (Å²) in [4.78, 5) is 27.8. The van der Waals surface area contributed by atoms with E-state index in [1.807, 2.05) is 39.8 Å². The minimum atomic E-state index is -1.02. The highest BCUT2D eigenvalue weighted by Gasteiger charge is 2.41. The van der Waals surface area contributed by atoms with Crippen LogP contribution < -0.4 is 14.8 Å². The average Bonchev–Trinajstić information content (AvgIpc) is 3.46. The quantitative estimate of drug-likeness (QED) is 0.376. The predicted octanol–water partition coefficient (Wildman–Crippen LogP) is 4.86. The fourth-order valence-corrected chi connectivity index (χ4v) is 5.92. The Balaban J connectivity index is 1.25. The molecule has 0 bridgehead atoms. The van der Waals surface area contributed by atoms with E-state index < -0.39 is 17.0 Å². The molecular weight excluding hydrogens is 520 g/mol. The van der Waals surface area contributed by atoms with Gasteiger partial charge in [0.2, 0.25) is 11.8 Å². The number of aromatic hydroxyl groups is 1. The molecule has 5 rings (SSSR count). The SMILES string of the molecule is Cc1oc(C2(C)CCc3c(C)c(O)c(C)c(C)c3O2)nc1C(O)COc1ccc(CC2SC(=O)NC2=O)cc1. The second-order valence-corrected chi connectivity index (χ2v) is 11.6. The number of aliphatic hydroxyl groups excluding tert-OH is 1. The lowest BCUT2D eigenvalue weighted by Crippen LogP contribution is -2.35. The van der Waals surface area contributed by atoms with Crippen LogP contribution in [0.2, 0.25) is 0 Å². The number of benzene rings is 2. The minimum Gasteiger partial charge on any atom is -0.507 e. The van der Waals surface area contributed by atoms with Gasteiger partial charge in [-0.15, -0.1) is 0 Å². The number of rotatable bonds is 7. The summed E-state index contributed by atoms with van der Waals surface area (Å²) in [6.07, 6.45) is 0.730. The number of thioether (sulfide) groups is 1. The summed E-state index contributed by atoms with van der Waals surface area (Å²) in [7, 11) is 0. The zero-order valence-electron chi connectivity index (χ0n) is 22.6. The number of phenols is 1. The van der Waals surface area contributed by atoms with E-state index in [1.165, 1.54) is 0 Å². The summed E-state index contributed by atoms with van der Waals surface area (Å²) in [6, 6.07) is 7.20. The number of oxazole rings is 1. The summed E-state index contributed by atoms with van der Waals surface area (Å²) in [5.41, 5.74) is 3.97. The third-order valence-corrected chi connectivity index (χ3v) is 8.62. The standard InChI is InChI=1S/C29H32N2O7S/c1-14-15(2)25-20(16(3)24(14)33)10-11-29(5,38-25)27-30-23(17(4)37-27)21(32)13-36-19-8-6-18(7-9-19)12-22-26(34)31-28(35)39-22/h6-9,21-22,32-33H,10-13H2,1-5H3,(H,31,34,35). The molecule has 1 aromatic heterocycles. The smallest absolute Gasteiger partial charge is 0.286 e. The van der Waals surface area contributed by atoms with Crippen LogP contribution in [0.5, 0.6) is 17.2 Å². The largest absolute Gasteiger partial charge is 0.507 e. The maximum absolute atomic E-state index is 11.8. The molecule has 9 nitrogen and oxygen atoms in total. The van der Waals surface area contributed by atoms with Crippen molar-refractivity contribution in [2.24, 2.45) is 0 Å². The van der Waals surface area contributed by atoms with E-state index in [0.29, 0.717) is 48.1 Å². The number of aliphatic hydroxyl groups is 1. The molecule has 3 heterocycles. The molecule has 3 aromatic rings. The van der Waals surface area contributed by atoms with Crippen LogP contribution in [0.25, 0.3) is 0 Å². The number of hydrogen-bond acceptors (Lipinski definition) is 9. The van der Waals surface area contributed by atoms with E-state index in [2.05, 4.69) is 10.3 Å². The van der Waals surface area contributed by atoms with E-state index in [1.54, 1.807) is 19.1 Å². The summed E-state index contributed by atoms with van der Waals surface area (Å²) in [5.74, 6) is 2.22. The number of carbonyl (C=O) groups is 2. The van der Waals surface area contributed by atoms with E-state index >= 15 is 0 Å². The monoisotopic (exact) mass is 552 g/mol. The highest BCUT2D eigenvalue weighted by atomic mass is 32.2. The molecule has 0 spiro atoms. The van der Waals surface area contributed by atoms with E-state index in [4.69, 9.17) is 13.9 Å². The molecule has 3 unspecified atom stereocenters. The van der Waals surface area contributed by atoms with Crippen molar-refractivity contribution in [3.8, 4) is 17.2 Å². The molecule has 2 aliphatic heterocycles. The Labute approximate surface area is 230 Å². The van der Waals surface area contributed by atoms with Crippen molar-refractivity contribution in [1.82, 2.24) is 10.3 Å². The first kappa shape index (κ1) is 27.1. The Morgan fingerprint density at radius 2 is 1.87 bits per heavy atom. The number of aryl methyl sites for hydroxylation is 1. The van der Waals surface area contributed by atoms with Gasteiger partial charge in [-0.05, 0) is 81.8 Å². The molecule has 3 N–H and O–H groups in total. The molecule has 0 saturated carbocycles. The van der Waals surface area contributed by atoms with Crippen molar-refractivity contribution in [2.45, 2.75) is 70.8 Å². The van der Waals surface area contributed by atoms with Crippen molar-refractivity contribution < 1.29 is 33.7 Å². The van der Waals surface area contributed by atoms with Gasteiger partial charge in [0.05, 0.1) is 5.25 Å². The number of ether oxygens (including phenoxy) is 2. The Hall–Kier alpha value is -3.50. The molecule has 0 radical (unpaired) electrons. The van der Waals surface area contributed by atoms with E-state index in [0.717, 1.165) is 45.3 Å². The van der Waals surface area contributed by atoms with E-state index in [-0.39, 0.29) is 17.8 Å². The number of imide groups is 1. The normalized spacial score (nSPS) is 21.3. The maximum atomic E-state index is 11.8. The van der Waals surface area contributed by atoms with Gasteiger partial charge in [-0.3, -0.25) is 14.9 Å². The second-order valence-electron chi connectivity index (χ2n) is 10.4. The van der Waals surface area contributed by atoms with Gasteiger partial charge in [0.15, 0.2) is 5.60 Å². The maximum Gasteiger partial charge on any atom is 0.286 e. The lowest BCUT2D eigenvalue weighted by atomic mass is 9.87. The Bertz CT molecular complexity index is 1450. The van der Waals surface area contributed by atoms with Crippen molar-refractivity contribution in [2.75, 3.05) is 6.61 Å². The third-order valence-electron chi connectivity index (χ3n) is 7.64. The van der Waals surface area contributed by atoms with Gasteiger partial charge in [0.1, 0.15) is 41.4 Å². The zero-order valence-corrected chi connectivity index (χ0v) is 23.4. The van der Waals surface area contributed by atoms with Crippen LogP contribution in [0, 0.1) is 27.7 Å². The number of phenolic OH excluding ortho intramolecular Hbond substituents is 1. The van der Waals surface area contributed by atoms with Crippen LogP contribution in [-0.2, 0) is 23.2 Å². The molecule has 0 aliphatic carbocycles. The predicted molar refractivity (Wildman–Crippen MR) is 145 cm³/mol. The van der Waals surface area contributed by atoms with Crippen LogP contribution in [0.4, 0.5) is 4.79 Å². The van der Waals surface area contributed by atoms with Crippen LogP contribution in [0.3, 0.4) is 0 Å². The van der Waals surface area contributed by atoms with Crippen molar-refractivity contribution in [3.63, 3.8) is 0 Å². The first-order valence-electron chi connectivity index (χ1n) is 12.9. The molecular formula is C29H32N2O7S.